The first-order valence-corrected chi connectivity index (χ1v) is 20.0. The molecule has 0 aliphatic heterocycles. The van der Waals surface area contributed by atoms with Crippen LogP contribution in [0.1, 0.15) is 33.4 Å². The molecular weight excluding hydrogens is 918 g/mol. The van der Waals surface area contributed by atoms with Crippen LogP contribution in [0.25, 0.3) is 88.3 Å². The summed E-state index contributed by atoms with van der Waals surface area (Å²) in [5, 5.41) is 5.97. The van der Waals surface area contributed by atoms with Gasteiger partial charge in [0, 0.05) is 47.4 Å². The van der Waals surface area contributed by atoms with E-state index in [0.717, 1.165) is 66.0 Å². The third-order valence-electron chi connectivity index (χ3n) is 12.1. The van der Waals surface area contributed by atoms with Gasteiger partial charge in [-0.3, -0.25) is 9.97 Å². The molecule has 11 rings (SSSR count). The molecule has 0 saturated heterocycles. The third-order valence-corrected chi connectivity index (χ3v) is 12.1. The Bertz CT molecular complexity index is 3500. The predicted molar refractivity (Wildman–Crippen MR) is 241 cm³/mol. The van der Waals surface area contributed by atoms with Crippen molar-refractivity contribution in [3.8, 4) is 45.0 Å². The van der Waals surface area contributed by atoms with Crippen LogP contribution in [0.5, 0.6) is 11.5 Å². The van der Waals surface area contributed by atoms with Gasteiger partial charge in [-0.1, -0.05) is 113 Å². The molecule has 60 heavy (non-hydrogen) atoms. The van der Waals surface area contributed by atoms with Crippen molar-refractivity contribution in [1.82, 2.24) is 23.8 Å². The summed E-state index contributed by atoms with van der Waals surface area (Å²) in [6.45, 7) is 13.1. The molecule has 0 radical (unpaired) electrons. The Kier molecular flexibility index (Phi) is 8.96. The maximum Gasteiger partial charge on any atom is 2.00 e. The quantitative estimate of drug-likeness (QED) is 0.127. The van der Waals surface area contributed by atoms with Gasteiger partial charge in [0.05, 0.1) is 17.0 Å². The fraction of sp³-hybridized carbons (Fsp3) is 0.113. The number of ether oxygens (including phenoxy) is 1. The Morgan fingerprint density at radius 3 is 1.63 bits per heavy atom. The van der Waals surface area contributed by atoms with E-state index in [1.165, 1.54) is 55.6 Å². The third kappa shape index (κ3) is 5.69. The molecule has 0 spiro atoms. The smallest absolute Gasteiger partial charge is 0.497 e. The van der Waals surface area contributed by atoms with E-state index >= 15 is 0 Å². The Morgan fingerprint density at radius 2 is 1.02 bits per heavy atom. The summed E-state index contributed by atoms with van der Waals surface area (Å²) in [6.07, 6.45) is 7.71. The van der Waals surface area contributed by atoms with E-state index in [9.17, 15) is 0 Å². The number of rotatable bonds is 5. The van der Waals surface area contributed by atoms with Gasteiger partial charge in [-0.15, -0.1) is 12.1 Å². The molecule has 0 atom stereocenters. The van der Waals surface area contributed by atoms with Crippen LogP contribution in [0.3, 0.4) is 0 Å². The van der Waals surface area contributed by atoms with Crippen LogP contribution in [0.4, 0.5) is 0 Å². The van der Waals surface area contributed by atoms with Gasteiger partial charge < -0.3 is 13.5 Å². The van der Waals surface area contributed by atoms with E-state index in [1.807, 2.05) is 43.0 Å². The largest absolute Gasteiger partial charge is 2.00 e. The standard InChI is InChI=1S/C53H39N5O.Pt/c1-30-11-7-12-31(2)48(30)42-27-41-39-21-19-36(25-44(39)51-55-23-24-57(51)46(41)28-43(42)49-32(3)13-8-14-33(49)4)59-37-18-20-38-40-17-10-22-54-52(40)58-47(29-56-53(58)45(38)26-37)50-34(5)15-9-16-35(50)6;/h7-24,27-29H,1-6H3;/q-2;+2. The molecule has 0 aliphatic rings. The SMILES string of the molecule is Cc1cccc(C)c1-c1cc2c3ccc(Oc4[c-]c5c(cc4)c4cccnc4n4c(-c6c(C)cccc6C)cnc54)[c-]c3c3nccn3c2cc1-c1c(C)cccc1C.[Pt+2]. The first-order valence-electron chi connectivity index (χ1n) is 20.0. The molecule has 0 fully saturated rings. The van der Waals surface area contributed by atoms with Gasteiger partial charge in [0.1, 0.15) is 5.65 Å². The summed E-state index contributed by atoms with van der Waals surface area (Å²) < 4.78 is 11.0. The predicted octanol–water partition coefficient (Wildman–Crippen LogP) is 13.2. The number of imidazole rings is 2. The van der Waals surface area contributed by atoms with E-state index in [0.29, 0.717) is 11.5 Å². The summed E-state index contributed by atoms with van der Waals surface area (Å²) in [5.41, 5.74) is 18.0. The van der Waals surface area contributed by atoms with Crippen molar-refractivity contribution in [1.29, 1.82) is 0 Å². The first kappa shape index (κ1) is 37.6. The maximum absolute atomic E-state index is 6.65. The van der Waals surface area contributed by atoms with Gasteiger partial charge in [-0.25, -0.2) is 4.98 Å². The van der Waals surface area contributed by atoms with Crippen LogP contribution >= 0.6 is 0 Å². The molecule has 7 heteroatoms. The fourth-order valence-electron chi connectivity index (χ4n) is 9.49. The molecule has 6 nitrogen and oxygen atoms in total. The van der Waals surface area contributed by atoms with Gasteiger partial charge in [0.2, 0.25) is 0 Å². The second kappa shape index (κ2) is 14.3. The number of aromatic nitrogens is 5. The van der Waals surface area contributed by atoms with Crippen LogP contribution in [-0.4, -0.2) is 23.8 Å². The average Bonchev–Trinajstić information content (AvgIpc) is 3.90. The molecule has 5 aromatic heterocycles. The monoisotopic (exact) mass is 956 g/mol. The van der Waals surface area contributed by atoms with E-state index in [2.05, 4.69) is 147 Å². The van der Waals surface area contributed by atoms with Crippen molar-refractivity contribution in [2.24, 2.45) is 0 Å². The molecule has 5 heterocycles. The summed E-state index contributed by atoms with van der Waals surface area (Å²) in [5.74, 6) is 1.16. The number of aryl methyl sites for hydroxylation is 6. The fourth-order valence-corrected chi connectivity index (χ4v) is 9.49. The average molecular weight is 957 g/mol. The molecule has 11 aromatic rings. The van der Waals surface area contributed by atoms with Crippen LogP contribution < -0.4 is 4.74 Å². The van der Waals surface area contributed by atoms with Gasteiger partial charge >= 0.3 is 21.1 Å². The van der Waals surface area contributed by atoms with E-state index < -0.39 is 0 Å². The zero-order valence-electron chi connectivity index (χ0n) is 34.1. The molecule has 6 aromatic carbocycles. The molecule has 0 unspecified atom stereocenters. The van der Waals surface area contributed by atoms with Crippen molar-refractivity contribution in [2.45, 2.75) is 41.5 Å². The summed E-state index contributed by atoms with van der Waals surface area (Å²) >= 11 is 0. The van der Waals surface area contributed by atoms with Crippen LogP contribution in [0.2, 0.25) is 0 Å². The molecule has 0 bridgehead atoms. The van der Waals surface area contributed by atoms with Crippen molar-refractivity contribution < 1.29 is 25.8 Å². The van der Waals surface area contributed by atoms with E-state index in [4.69, 9.17) is 19.7 Å². The van der Waals surface area contributed by atoms with Crippen molar-refractivity contribution in [3.05, 3.63) is 173 Å². The number of hydrogen-bond acceptors (Lipinski definition) is 4. The summed E-state index contributed by atoms with van der Waals surface area (Å²) in [4.78, 5) is 14.7. The Balaban J connectivity index is 0.00000433. The maximum atomic E-state index is 6.65. The number of nitrogens with zero attached hydrogens (tertiary/aromatic N) is 5. The topological polar surface area (TPSA) is 56.7 Å². The number of hydrogen-bond donors (Lipinski definition) is 0. The van der Waals surface area contributed by atoms with Crippen LogP contribution in [0, 0.1) is 53.7 Å². The summed E-state index contributed by atoms with van der Waals surface area (Å²) in [7, 11) is 0. The molecular formula is C53H39N5OPt. The van der Waals surface area contributed by atoms with Gasteiger partial charge in [-0.2, -0.15) is 0 Å². The van der Waals surface area contributed by atoms with Gasteiger partial charge in [0.15, 0.2) is 0 Å². The molecule has 0 amide bonds. The van der Waals surface area contributed by atoms with Crippen molar-refractivity contribution in [2.75, 3.05) is 0 Å². The van der Waals surface area contributed by atoms with Crippen LogP contribution in [0.15, 0.2) is 128 Å². The van der Waals surface area contributed by atoms with E-state index in [-0.39, 0.29) is 21.1 Å². The number of pyridine rings is 3. The first-order chi connectivity index (χ1) is 28.7. The Labute approximate surface area is 362 Å². The minimum Gasteiger partial charge on any atom is -0.497 e. The minimum absolute atomic E-state index is 0. The molecule has 292 valence electrons. The molecule has 0 aliphatic carbocycles. The zero-order valence-corrected chi connectivity index (χ0v) is 36.4. The van der Waals surface area contributed by atoms with Gasteiger partial charge in [-0.05, 0) is 120 Å². The molecule has 0 saturated carbocycles. The van der Waals surface area contributed by atoms with Gasteiger partial charge in [0.25, 0.3) is 0 Å². The zero-order chi connectivity index (χ0) is 40.1. The number of fused-ring (bicyclic) bond motifs is 12. The van der Waals surface area contributed by atoms with E-state index in [1.54, 1.807) is 0 Å². The normalized spacial score (nSPS) is 11.7. The second-order valence-corrected chi connectivity index (χ2v) is 15.8. The minimum atomic E-state index is 0. The second-order valence-electron chi connectivity index (χ2n) is 15.8. The Morgan fingerprint density at radius 1 is 0.483 bits per heavy atom. The van der Waals surface area contributed by atoms with Crippen molar-refractivity contribution >= 4 is 54.8 Å². The Hall–Kier alpha value is -6.62. The number of benzene rings is 6. The molecule has 0 N–H and O–H groups in total. The van der Waals surface area contributed by atoms with Crippen molar-refractivity contribution in [3.63, 3.8) is 0 Å². The summed E-state index contributed by atoms with van der Waals surface area (Å²) in [6, 6.07) is 43.8. The van der Waals surface area contributed by atoms with Crippen LogP contribution in [-0.2, 0) is 21.1 Å².